The van der Waals surface area contributed by atoms with E-state index in [4.69, 9.17) is 4.74 Å². The van der Waals surface area contributed by atoms with Crippen LogP contribution in [0.5, 0.6) is 0 Å². The maximum atomic E-state index is 5.94. The van der Waals surface area contributed by atoms with E-state index in [1.807, 2.05) is 0 Å². The molecule has 2 aliphatic heterocycles. The molecule has 2 heteroatoms. The lowest BCUT2D eigenvalue weighted by Gasteiger charge is -2.36. The number of nitrogens with zero attached hydrogens (tertiary/aromatic N) is 1. The Morgan fingerprint density at radius 2 is 2.00 bits per heavy atom. The van der Waals surface area contributed by atoms with Gasteiger partial charge in [-0.05, 0) is 24.9 Å². The highest BCUT2D eigenvalue weighted by molar-refractivity contribution is 5.20. The van der Waals surface area contributed by atoms with Gasteiger partial charge in [-0.3, -0.25) is 4.90 Å². The van der Waals surface area contributed by atoms with Crippen molar-refractivity contribution in [3.05, 3.63) is 35.9 Å². The molecule has 2 saturated heterocycles. The zero-order chi connectivity index (χ0) is 10.1. The van der Waals surface area contributed by atoms with Gasteiger partial charge in [-0.1, -0.05) is 30.3 Å². The van der Waals surface area contributed by atoms with Crippen LogP contribution in [0.3, 0.4) is 0 Å². The lowest BCUT2D eigenvalue weighted by Crippen LogP contribution is -2.42. The molecule has 0 radical (unpaired) electrons. The van der Waals surface area contributed by atoms with Crippen LogP contribution in [0.15, 0.2) is 30.3 Å². The molecule has 0 N–H and O–H groups in total. The Hall–Kier alpha value is -0.860. The Morgan fingerprint density at radius 1 is 1.13 bits per heavy atom. The van der Waals surface area contributed by atoms with Crippen molar-refractivity contribution in [1.82, 2.24) is 4.90 Å². The minimum Gasteiger partial charge on any atom is -0.371 e. The van der Waals surface area contributed by atoms with Crippen LogP contribution in [-0.4, -0.2) is 30.6 Å². The summed E-state index contributed by atoms with van der Waals surface area (Å²) in [5, 5.41) is 0. The van der Waals surface area contributed by atoms with Gasteiger partial charge in [0.2, 0.25) is 0 Å². The van der Waals surface area contributed by atoms with Crippen molar-refractivity contribution in [1.29, 1.82) is 0 Å². The maximum absolute atomic E-state index is 5.94. The van der Waals surface area contributed by atoms with E-state index in [0.717, 1.165) is 13.2 Å². The quantitative estimate of drug-likeness (QED) is 0.694. The van der Waals surface area contributed by atoms with E-state index in [9.17, 15) is 0 Å². The fourth-order valence-electron chi connectivity index (χ4n) is 2.84. The molecule has 0 spiro atoms. The molecule has 2 heterocycles. The molecule has 1 aromatic carbocycles. The minimum atomic E-state index is 0.308. The summed E-state index contributed by atoms with van der Waals surface area (Å²) in [5.41, 5.74) is 1.34. The summed E-state index contributed by atoms with van der Waals surface area (Å²) in [7, 11) is 0. The van der Waals surface area contributed by atoms with E-state index < -0.39 is 0 Å². The van der Waals surface area contributed by atoms with Crippen LogP contribution in [0, 0.1) is 0 Å². The average molecular weight is 203 g/mol. The topological polar surface area (TPSA) is 12.5 Å². The molecule has 0 aromatic heterocycles. The van der Waals surface area contributed by atoms with Crippen molar-refractivity contribution in [2.24, 2.45) is 0 Å². The summed E-state index contributed by atoms with van der Waals surface area (Å²) in [6.45, 7) is 3.27. The Kier molecular flexibility index (Phi) is 2.47. The third-order valence-electron chi connectivity index (χ3n) is 3.57. The van der Waals surface area contributed by atoms with Crippen LogP contribution in [-0.2, 0) is 4.74 Å². The number of ether oxygens (including phenoxy) is 1. The average Bonchev–Trinajstić information content (AvgIpc) is 2.78. The van der Waals surface area contributed by atoms with Crippen molar-refractivity contribution in [2.45, 2.75) is 25.0 Å². The lowest BCUT2D eigenvalue weighted by atomic mass is 9.99. The minimum absolute atomic E-state index is 0.308. The molecule has 0 aliphatic carbocycles. The molecule has 2 nitrogen and oxygen atoms in total. The number of hydrogen-bond donors (Lipinski definition) is 0. The van der Waals surface area contributed by atoms with Crippen LogP contribution in [0.4, 0.5) is 0 Å². The predicted octanol–water partition coefficient (Wildman–Crippen LogP) is 2.22. The molecule has 0 bridgehead atoms. The molecule has 0 saturated carbocycles. The van der Waals surface area contributed by atoms with E-state index in [2.05, 4.69) is 35.2 Å². The Labute approximate surface area is 90.8 Å². The second kappa shape index (κ2) is 3.95. The summed E-state index contributed by atoms with van der Waals surface area (Å²) in [6, 6.07) is 11.3. The first-order valence-corrected chi connectivity index (χ1v) is 5.86. The highest BCUT2D eigenvalue weighted by Gasteiger charge is 2.36. The molecular weight excluding hydrogens is 186 g/mol. The number of morpholine rings is 1. The molecule has 0 amide bonds. The monoisotopic (exact) mass is 203 g/mol. The standard InChI is InChI=1S/C13H17NO/c1-2-5-11(6-3-1)13-12-7-4-8-14(12)9-10-15-13/h1-3,5-6,12-13H,4,7-10H2/t12-,13-/m0/s1. The summed E-state index contributed by atoms with van der Waals surface area (Å²) in [4.78, 5) is 2.58. The van der Waals surface area contributed by atoms with Gasteiger partial charge in [-0.25, -0.2) is 0 Å². The van der Waals surface area contributed by atoms with Gasteiger partial charge in [0.15, 0.2) is 0 Å². The smallest absolute Gasteiger partial charge is 0.0980 e. The van der Waals surface area contributed by atoms with Gasteiger partial charge >= 0.3 is 0 Å². The maximum Gasteiger partial charge on any atom is 0.0980 e. The van der Waals surface area contributed by atoms with Crippen LogP contribution in [0.1, 0.15) is 24.5 Å². The second-order valence-corrected chi connectivity index (χ2v) is 4.45. The Balaban J connectivity index is 1.85. The number of fused-ring (bicyclic) bond motifs is 1. The van der Waals surface area contributed by atoms with E-state index >= 15 is 0 Å². The van der Waals surface area contributed by atoms with Crippen molar-refractivity contribution in [2.75, 3.05) is 19.7 Å². The third-order valence-corrected chi connectivity index (χ3v) is 3.57. The molecule has 2 aliphatic rings. The molecule has 1 aromatic rings. The van der Waals surface area contributed by atoms with Gasteiger partial charge in [0.1, 0.15) is 0 Å². The highest BCUT2D eigenvalue weighted by atomic mass is 16.5. The zero-order valence-corrected chi connectivity index (χ0v) is 8.93. The molecule has 0 unspecified atom stereocenters. The van der Waals surface area contributed by atoms with Gasteiger partial charge in [0, 0.05) is 12.6 Å². The molecular formula is C13H17NO. The summed E-state index contributed by atoms with van der Waals surface area (Å²) < 4.78 is 5.94. The number of rotatable bonds is 1. The molecule has 3 rings (SSSR count). The first-order chi connectivity index (χ1) is 7.45. The fraction of sp³-hybridized carbons (Fsp3) is 0.538. The Bertz CT molecular complexity index is 325. The molecule has 2 fully saturated rings. The van der Waals surface area contributed by atoms with E-state index in [0.29, 0.717) is 12.1 Å². The van der Waals surface area contributed by atoms with Crippen LogP contribution >= 0.6 is 0 Å². The molecule has 80 valence electrons. The summed E-state index contributed by atoms with van der Waals surface area (Å²) in [5.74, 6) is 0. The van der Waals surface area contributed by atoms with E-state index in [1.165, 1.54) is 24.9 Å². The first kappa shape index (κ1) is 9.37. The Morgan fingerprint density at radius 3 is 2.87 bits per heavy atom. The van der Waals surface area contributed by atoms with Gasteiger partial charge in [-0.2, -0.15) is 0 Å². The molecule has 2 atom stereocenters. The lowest BCUT2D eigenvalue weighted by molar-refractivity contribution is -0.0571. The van der Waals surface area contributed by atoms with Crippen molar-refractivity contribution in [3.63, 3.8) is 0 Å². The summed E-state index contributed by atoms with van der Waals surface area (Å²) >= 11 is 0. The normalized spacial score (nSPS) is 31.5. The van der Waals surface area contributed by atoms with Crippen LogP contribution < -0.4 is 0 Å². The van der Waals surface area contributed by atoms with Crippen LogP contribution in [0.2, 0.25) is 0 Å². The largest absolute Gasteiger partial charge is 0.371 e. The summed E-state index contributed by atoms with van der Waals surface area (Å²) in [6.07, 6.45) is 2.93. The highest BCUT2D eigenvalue weighted by Crippen LogP contribution is 2.34. The van der Waals surface area contributed by atoms with Gasteiger partial charge in [0.05, 0.1) is 12.7 Å². The van der Waals surface area contributed by atoms with Crippen molar-refractivity contribution >= 4 is 0 Å². The van der Waals surface area contributed by atoms with E-state index in [-0.39, 0.29) is 0 Å². The van der Waals surface area contributed by atoms with Gasteiger partial charge < -0.3 is 4.74 Å². The SMILES string of the molecule is c1ccc([C@@H]2OCCN3CCC[C@@H]23)cc1. The number of hydrogen-bond acceptors (Lipinski definition) is 2. The zero-order valence-electron chi connectivity index (χ0n) is 8.93. The van der Waals surface area contributed by atoms with Crippen molar-refractivity contribution < 1.29 is 4.74 Å². The van der Waals surface area contributed by atoms with Gasteiger partial charge in [-0.15, -0.1) is 0 Å². The molecule has 15 heavy (non-hydrogen) atoms. The number of benzene rings is 1. The van der Waals surface area contributed by atoms with E-state index in [1.54, 1.807) is 0 Å². The second-order valence-electron chi connectivity index (χ2n) is 4.45. The fourth-order valence-corrected chi connectivity index (χ4v) is 2.84. The van der Waals surface area contributed by atoms with Gasteiger partial charge in [0.25, 0.3) is 0 Å². The first-order valence-electron chi connectivity index (χ1n) is 5.86. The van der Waals surface area contributed by atoms with Crippen molar-refractivity contribution in [3.8, 4) is 0 Å². The third kappa shape index (κ3) is 1.68. The van der Waals surface area contributed by atoms with Crippen LogP contribution in [0.25, 0.3) is 0 Å². The predicted molar refractivity (Wildman–Crippen MR) is 59.7 cm³/mol.